The predicted molar refractivity (Wildman–Crippen MR) is 208 cm³/mol. The first kappa shape index (κ1) is 27.4. The SMILES string of the molecule is c1ccc(-c2cc(-c3ccc(-c4ccc(-c5cc6c7c8c(ccc9c8c8c(ccc%10c8c7c5C%10)C9)C6)cc4)cc3)cc(-c3ccccn3)n2)nc1. The summed E-state index contributed by atoms with van der Waals surface area (Å²) in [6.07, 6.45) is 6.74. The molecule has 9 aromatic rings. The van der Waals surface area contributed by atoms with Crippen molar-refractivity contribution in [3.63, 3.8) is 0 Å². The summed E-state index contributed by atoms with van der Waals surface area (Å²) in [5.41, 5.74) is 19.7. The average Bonchev–Trinajstić information content (AvgIpc) is 3.89. The molecule has 0 atom stereocenters. The minimum Gasteiger partial charge on any atom is -0.255 e. The highest BCUT2D eigenvalue weighted by Crippen LogP contribution is 2.54. The van der Waals surface area contributed by atoms with Gasteiger partial charge in [-0.1, -0.05) is 84.9 Å². The molecule has 12 rings (SSSR count). The van der Waals surface area contributed by atoms with Gasteiger partial charge in [-0.2, -0.15) is 0 Å². The van der Waals surface area contributed by atoms with Crippen molar-refractivity contribution < 1.29 is 0 Å². The van der Waals surface area contributed by atoms with Gasteiger partial charge in [-0.25, -0.2) is 4.98 Å². The molecule has 3 aliphatic rings. The van der Waals surface area contributed by atoms with Crippen LogP contribution in [0.1, 0.15) is 33.4 Å². The van der Waals surface area contributed by atoms with Gasteiger partial charge in [0.2, 0.25) is 0 Å². The normalized spacial score (nSPS) is 13.3. The van der Waals surface area contributed by atoms with Gasteiger partial charge in [0.25, 0.3) is 0 Å². The maximum absolute atomic E-state index is 4.94. The number of rotatable bonds is 5. The topological polar surface area (TPSA) is 38.7 Å². The van der Waals surface area contributed by atoms with Crippen LogP contribution in [0.3, 0.4) is 0 Å². The Balaban J connectivity index is 0.919. The van der Waals surface area contributed by atoms with Gasteiger partial charge in [0.1, 0.15) is 0 Å². The van der Waals surface area contributed by atoms with Gasteiger partial charge in [-0.05, 0) is 161 Å². The van der Waals surface area contributed by atoms with Crippen molar-refractivity contribution in [1.29, 1.82) is 0 Å². The van der Waals surface area contributed by atoms with Gasteiger partial charge in [0.15, 0.2) is 0 Å². The highest BCUT2D eigenvalue weighted by atomic mass is 14.8. The Morgan fingerprint density at radius 1 is 0.333 bits per heavy atom. The van der Waals surface area contributed by atoms with E-state index in [1.807, 2.05) is 48.8 Å². The van der Waals surface area contributed by atoms with E-state index in [4.69, 9.17) is 4.98 Å². The molecule has 236 valence electrons. The number of nitrogens with zero attached hydrogens (tertiary/aromatic N) is 3. The predicted octanol–water partition coefficient (Wildman–Crippen LogP) is 11.4. The van der Waals surface area contributed by atoms with Crippen LogP contribution in [0.4, 0.5) is 0 Å². The summed E-state index contributed by atoms with van der Waals surface area (Å²) in [5.74, 6) is 0. The average molecular weight is 648 g/mol. The summed E-state index contributed by atoms with van der Waals surface area (Å²) >= 11 is 0. The molecule has 3 nitrogen and oxygen atoms in total. The number of aromatic nitrogens is 3. The van der Waals surface area contributed by atoms with Gasteiger partial charge in [-0.15, -0.1) is 0 Å². The minimum absolute atomic E-state index is 0.832. The summed E-state index contributed by atoms with van der Waals surface area (Å²) in [5, 5.41) is 9.25. The van der Waals surface area contributed by atoms with E-state index in [1.165, 1.54) is 71.8 Å². The van der Waals surface area contributed by atoms with E-state index in [9.17, 15) is 0 Å². The molecule has 0 spiro atoms. The molecule has 0 radical (unpaired) electrons. The minimum atomic E-state index is 0.832. The second-order valence-corrected chi connectivity index (χ2v) is 14.3. The molecule has 0 aliphatic heterocycles. The maximum atomic E-state index is 4.94. The largest absolute Gasteiger partial charge is 0.255 e. The molecule has 0 fully saturated rings. The lowest BCUT2D eigenvalue weighted by molar-refractivity contribution is 1.22. The second-order valence-electron chi connectivity index (χ2n) is 14.3. The number of hydrogen-bond donors (Lipinski definition) is 0. The van der Waals surface area contributed by atoms with Gasteiger partial charge in [0.05, 0.1) is 22.8 Å². The fourth-order valence-electron chi connectivity index (χ4n) is 9.32. The fourth-order valence-corrected chi connectivity index (χ4v) is 9.32. The van der Waals surface area contributed by atoms with Crippen LogP contribution in [-0.2, 0) is 19.3 Å². The number of hydrogen-bond acceptors (Lipinski definition) is 3. The van der Waals surface area contributed by atoms with Crippen LogP contribution >= 0.6 is 0 Å². The zero-order valence-corrected chi connectivity index (χ0v) is 27.7. The van der Waals surface area contributed by atoms with Crippen LogP contribution in [0.2, 0.25) is 0 Å². The molecular formula is C48H29N3. The Hall–Kier alpha value is -6.45. The van der Waals surface area contributed by atoms with Crippen LogP contribution in [0.15, 0.2) is 140 Å². The Morgan fingerprint density at radius 3 is 1.31 bits per heavy atom. The molecule has 0 saturated carbocycles. The third kappa shape index (κ3) is 3.86. The molecule has 0 amide bonds. The van der Waals surface area contributed by atoms with E-state index in [2.05, 4.69) is 101 Å². The summed E-state index contributed by atoms with van der Waals surface area (Å²) in [7, 11) is 0. The van der Waals surface area contributed by atoms with Crippen LogP contribution in [0.5, 0.6) is 0 Å². The summed E-state index contributed by atoms with van der Waals surface area (Å²) in [6.45, 7) is 0. The zero-order chi connectivity index (χ0) is 33.2. The molecule has 3 aromatic heterocycles. The van der Waals surface area contributed by atoms with Gasteiger partial charge in [0, 0.05) is 12.4 Å². The first-order valence-corrected chi connectivity index (χ1v) is 17.8. The van der Waals surface area contributed by atoms with Crippen molar-refractivity contribution in [2.45, 2.75) is 19.3 Å². The highest BCUT2D eigenvalue weighted by molar-refractivity contribution is 6.34. The van der Waals surface area contributed by atoms with Crippen LogP contribution in [-0.4, -0.2) is 15.0 Å². The molecule has 0 bridgehead atoms. The molecular weight excluding hydrogens is 619 g/mol. The lowest BCUT2D eigenvalue weighted by Gasteiger charge is -2.14. The van der Waals surface area contributed by atoms with Crippen LogP contribution in [0, 0.1) is 0 Å². The monoisotopic (exact) mass is 647 g/mol. The Kier molecular flexibility index (Phi) is 5.40. The highest BCUT2D eigenvalue weighted by Gasteiger charge is 2.32. The fraction of sp³-hybridized carbons (Fsp3) is 0.0625. The van der Waals surface area contributed by atoms with E-state index in [0.29, 0.717) is 0 Å². The van der Waals surface area contributed by atoms with E-state index < -0.39 is 0 Å². The molecule has 3 heterocycles. The quantitative estimate of drug-likeness (QED) is 0.175. The molecule has 51 heavy (non-hydrogen) atoms. The summed E-state index contributed by atoms with van der Waals surface area (Å²) in [6, 6.07) is 46.4. The van der Waals surface area contributed by atoms with Crippen molar-refractivity contribution in [2.75, 3.05) is 0 Å². The van der Waals surface area contributed by atoms with Gasteiger partial charge < -0.3 is 0 Å². The Labute approximate surface area is 294 Å². The van der Waals surface area contributed by atoms with Crippen molar-refractivity contribution in [2.24, 2.45) is 0 Å². The molecule has 0 saturated heterocycles. The lowest BCUT2D eigenvalue weighted by atomic mass is 9.90. The van der Waals surface area contributed by atoms with E-state index in [-0.39, 0.29) is 0 Å². The van der Waals surface area contributed by atoms with Crippen molar-refractivity contribution in [3.8, 4) is 56.2 Å². The maximum Gasteiger partial charge on any atom is 0.0900 e. The molecule has 0 N–H and O–H groups in total. The molecule has 6 aromatic carbocycles. The Bertz CT molecular complexity index is 2850. The number of pyridine rings is 3. The lowest BCUT2D eigenvalue weighted by Crippen LogP contribution is -1.94. The van der Waals surface area contributed by atoms with Gasteiger partial charge in [-0.3, -0.25) is 9.97 Å². The Morgan fingerprint density at radius 2 is 0.784 bits per heavy atom. The van der Waals surface area contributed by atoms with Crippen molar-refractivity contribution in [1.82, 2.24) is 15.0 Å². The third-order valence-electron chi connectivity index (χ3n) is 11.6. The second kappa shape index (κ2) is 10.1. The van der Waals surface area contributed by atoms with E-state index >= 15 is 0 Å². The van der Waals surface area contributed by atoms with Crippen molar-refractivity contribution in [3.05, 3.63) is 173 Å². The number of benzene rings is 6. The van der Waals surface area contributed by atoms with Crippen LogP contribution < -0.4 is 0 Å². The summed E-state index contributed by atoms with van der Waals surface area (Å²) in [4.78, 5) is 14.1. The van der Waals surface area contributed by atoms with Crippen LogP contribution in [0.25, 0.3) is 88.5 Å². The first-order valence-electron chi connectivity index (χ1n) is 17.8. The third-order valence-corrected chi connectivity index (χ3v) is 11.6. The van der Waals surface area contributed by atoms with Crippen molar-refractivity contribution >= 4 is 32.3 Å². The smallest absolute Gasteiger partial charge is 0.0900 e. The van der Waals surface area contributed by atoms with E-state index in [0.717, 1.165) is 53.2 Å². The standard InChI is InChI=1S/C48H29N3/c1-3-19-49-39(5-1)41-25-35(26-42(51-41)40-6-2-4-20-50-40)29-9-7-27(8-10-29)28-11-13-30(14-12-28)37-24-36-22-33-16-15-31-21-32-17-18-34-23-38(37)48-46(34)44(32)43(31)45(33)47(36)48/h1-20,24-26H,21-23H2. The van der Waals surface area contributed by atoms with E-state index in [1.54, 1.807) is 16.2 Å². The van der Waals surface area contributed by atoms with Gasteiger partial charge >= 0.3 is 0 Å². The molecule has 0 unspecified atom stereocenters. The molecule has 3 heteroatoms. The molecule has 3 aliphatic carbocycles. The first-order chi connectivity index (χ1) is 25.2. The summed E-state index contributed by atoms with van der Waals surface area (Å²) < 4.78 is 0. The zero-order valence-electron chi connectivity index (χ0n) is 27.7.